The Kier molecular flexibility index (Phi) is 6.93. The van der Waals surface area contributed by atoms with Crippen LogP contribution in [0.4, 0.5) is 16.2 Å². The van der Waals surface area contributed by atoms with Crippen molar-refractivity contribution in [2.24, 2.45) is 0 Å². The fourth-order valence-corrected chi connectivity index (χ4v) is 2.47. The Morgan fingerprint density at radius 1 is 0.889 bits per heavy atom. The highest BCUT2D eigenvalue weighted by molar-refractivity contribution is 5.96. The van der Waals surface area contributed by atoms with Gasteiger partial charge in [0.05, 0.1) is 12.2 Å². The molecule has 2 aromatic rings. The second-order valence-electron chi connectivity index (χ2n) is 5.93. The zero-order chi connectivity index (χ0) is 19.8. The van der Waals surface area contributed by atoms with Crippen LogP contribution >= 0.6 is 0 Å². The number of benzene rings is 2. The average Bonchev–Trinajstić information content (AvgIpc) is 2.59. The topological polar surface area (TPSA) is 93.7 Å². The number of carbonyl (C=O) groups is 3. The van der Waals surface area contributed by atoms with Crippen LogP contribution in [0.3, 0.4) is 0 Å². The Hall–Kier alpha value is -3.35. The van der Waals surface area contributed by atoms with Gasteiger partial charge in [-0.05, 0) is 62.2 Å². The van der Waals surface area contributed by atoms with Crippen molar-refractivity contribution in [3.8, 4) is 0 Å². The minimum atomic E-state index is -0.668. The Morgan fingerprint density at radius 2 is 1.59 bits per heavy atom. The van der Waals surface area contributed by atoms with Crippen molar-refractivity contribution < 1.29 is 23.9 Å². The summed E-state index contributed by atoms with van der Waals surface area (Å²) in [7, 11) is 0. The molecular formula is C20H22N2O5. The molecule has 142 valence electrons. The summed E-state index contributed by atoms with van der Waals surface area (Å²) in [5, 5.41) is 5.19. The van der Waals surface area contributed by atoms with Crippen molar-refractivity contribution in [1.82, 2.24) is 0 Å². The second kappa shape index (κ2) is 9.38. The lowest BCUT2D eigenvalue weighted by molar-refractivity contribution is -0.119. The number of esters is 1. The first-order valence-electron chi connectivity index (χ1n) is 8.46. The summed E-state index contributed by atoms with van der Waals surface area (Å²) in [6, 6.07) is 11.8. The van der Waals surface area contributed by atoms with Crippen LogP contribution in [0, 0.1) is 13.8 Å². The number of amides is 2. The maximum Gasteiger partial charge on any atom is 0.411 e. The van der Waals surface area contributed by atoms with E-state index in [1.165, 1.54) is 12.1 Å². The molecule has 0 unspecified atom stereocenters. The van der Waals surface area contributed by atoms with Crippen LogP contribution in [0.15, 0.2) is 42.5 Å². The van der Waals surface area contributed by atoms with E-state index in [9.17, 15) is 14.4 Å². The van der Waals surface area contributed by atoms with Crippen molar-refractivity contribution in [2.75, 3.05) is 23.8 Å². The monoisotopic (exact) mass is 370 g/mol. The van der Waals surface area contributed by atoms with Crippen molar-refractivity contribution in [3.63, 3.8) is 0 Å². The molecule has 27 heavy (non-hydrogen) atoms. The van der Waals surface area contributed by atoms with Crippen LogP contribution in [0.1, 0.15) is 28.4 Å². The summed E-state index contributed by atoms with van der Waals surface area (Å²) in [5.41, 5.74) is 3.29. The van der Waals surface area contributed by atoms with Crippen LogP contribution in [0.2, 0.25) is 0 Å². The molecular weight excluding hydrogens is 348 g/mol. The van der Waals surface area contributed by atoms with E-state index in [0.29, 0.717) is 11.4 Å². The van der Waals surface area contributed by atoms with Crippen LogP contribution in [0.25, 0.3) is 0 Å². The molecule has 0 atom stereocenters. The third-order valence-electron chi connectivity index (χ3n) is 3.46. The molecule has 2 aromatic carbocycles. The van der Waals surface area contributed by atoms with Crippen LogP contribution in [-0.2, 0) is 14.3 Å². The molecule has 0 spiro atoms. The predicted molar refractivity (Wildman–Crippen MR) is 102 cm³/mol. The zero-order valence-corrected chi connectivity index (χ0v) is 15.5. The Bertz CT molecular complexity index is 828. The zero-order valence-electron chi connectivity index (χ0n) is 15.5. The summed E-state index contributed by atoms with van der Waals surface area (Å²) >= 11 is 0. The van der Waals surface area contributed by atoms with Crippen LogP contribution < -0.4 is 10.6 Å². The van der Waals surface area contributed by atoms with Gasteiger partial charge >= 0.3 is 12.1 Å². The maximum absolute atomic E-state index is 12.1. The standard InChI is InChI=1S/C20H22N2O5/c1-4-26-20(25)22-16-7-5-6-15(11-16)19(24)27-12-18(23)21-17-9-13(2)8-14(3)10-17/h5-11H,4,12H2,1-3H3,(H,21,23)(H,22,25). The van der Waals surface area contributed by atoms with Gasteiger partial charge in [0.2, 0.25) is 0 Å². The molecule has 0 radical (unpaired) electrons. The minimum absolute atomic E-state index is 0.212. The van der Waals surface area contributed by atoms with E-state index in [1.54, 1.807) is 19.1 Å². The lowest BCUT2D eigenvalue weighted by Gasteiger charge is -2.09. The van der Waals surface area contributed by atoms with Crippen molar-refractivity contribution in [2.45, 2.75) is 20.8 Å². The average molecular weight is 370 g/mol. The number of carbonyl (C=O) groups excluding carboxylic acids is 3. The van der Waals surface area contributed by atoms with E-state index in [2.05, 4.69) is 10.6 Å². The number of nitrogens with one attached hydrogen (secondary N) is 2. The summed E-state index contributed by atoms with van der Waals surface area (Å²) in [6.45, 7) is 5.38. The number of hydrogen-bond acceptors (Lipinski definition) is 5. The molecule has 0 aliphatic heterocycles. The number of aryl methyl sites for hydroxylation is 2. The Balaban J connectivity index is 1.91. The maximum atomic E-state index is 12.1. The smallest absolute Gasteiger partial charge is 0.411 e. The van der Waals surface area contributed by atoms with E-state index in [4.69, 9.17) is 9.47 Å². The van der Waals surface area contributed by atoms with Crippen molar-refractivity contribution in [3.05, 3.63) is 59.2 Å². The molecule has 2 amide bonds. The van der Waals surface area contributed by atoms with Gasteiger partial charge in [0.25, 0.3) is 5.91 Å². The molecule has 0 aliphatic rings. The molecule has 0 bridgehead atoms. The highest BCUT2D eigenvalue weighted by atomic mass is 16.5. The fourth-order valence-electron chi connectivity index (χ4n) is 2.47. The van der Waals surface area contributed by atoms with Gasteiger partial charge in [0.1, 0.15) is 0 Å². The molecule has 0 aliphatic carbocycles. The molecule has 7 heteroatoms. The lowest BCUT2D eigenvalue weighted by atomic mass is 10.1. The van der Waals surface area contributed by atoms with Crippen LogP contribution in [-0.4, -0.2) is 31.2 Å². The van der Waals surface area contributed by atoms with Gasteiger partial charge in [-0.3, -0.25) is 10.1 Å². The highest BCUT2D eigenvalue weighted by Crippen LogP contribution is 2.14. The summed E-state index contributed by atoms with van der Waals surface area (Å²) in [6.07, 6.45) is -0.615. The molecule has 0 fully saturated rings. The molecule has 0 saturated carbocycles. The van der Waals surface area contributed by atoms with E-state index in [1.807, 2.05) is 32.0 Å². The number of hydrogen-bond donors (Lipinski definition) is 2. The SMILES string of the molecule is CCOC(=O)Nc1cccc(C(=O)OCC(=O)Nc2cc(C)cc(C)c2)c1. The molecule has 0 aromatic heterocycles. The summed E-state index contributed by atoms with van der Waals surface area (Å²) < 4.78 is 9.81. The first-order chi connectivity index (χ1) is 12.9. The lowest BCUT2D eigenvalue weighted by Crippen LogP contribution is -2.21. The van der Waals surface area contributed by atoms with Crippen molar-refractivity contribution >= 4 is 29.3 Å². The fraction of sp³-hybridized carbons (Fsp3) is 0.250. The number of anilines is 2. The van der Waals surface area contributed by atoms with Gasteiger partial charge in [0, 0.05) is 11.4 Å². The van der Waals surface area contributed by atoms with Gasteiger partial charge in [-0.25, -0.2) is 9.59 Å². The van der Waals surface area contributed by atoms with Gasteiger partial charge < -0.3 is 14.8 Å². The minimum Gasteiger partial charge on any atom is -0.452 e. The third kappa shape index (κ3) is 6.47. The molecule has 0 heterocycles. The molecule has 2 rings (SSSR count). The third-order valence-corrected chi connectivity index (χ3v) is 3.46. The summed E-state index contributed by atoms with van der Waals surface area (Å²) in [5.74, 6) is -1.10. The highest BCUT2D eigenvalue weighted by Gasteiger charge is 2.12. The van der Waals surface area contributed by atoms with E-state index in [0.717, 1.165) is 11.1 Å². The quantitative estimate of drug-likeness (QED) is 0.757. The van der Waals surface area contributed by atoms with Gasteiger partial charge in [-0.1, -0.05) is 12.1 Å². The molecule has 7 nitrogen and oxygen atoms in total. The number of rotatable bonds is 6. The second-order valence-corrected chi connectivity index (χ2v) is 5.93. The first-order valence-corrected chi connectivity index (χ1v) is 8.46. The Morgan fingerprint density at radius 3 is 2.26 bits per heavy atom. The largest absolute Gasteiger partial charge is 0.452 e. The molecule has 2 N–H and O–H groups in total. The molecule has 0 saturated heterocycles. The van der Waals surface area contributed by atoms with Crippen molar-refractivity contribution in [1.29, 1.82) is 0 Å². The van der Waals surface area contributed by atoms with E-state index in [-0.39, 0.29) is 12.2 Å². The van der Waals surface area contributed by atoms with Crippen LogP contribution in [0.5, 0.6) is 0 Å². The summed E-state index contributed by atoms with van der Waals surface area (Å²) in [4.78, 5) is 35.5. The van der Waals surface area contributed by atoms with E-state index >= 15 is 0 Å². The first kappa shape index (κ1) is 20.0. The predicted octanol–water partition coefficient (Wildman–Crippen LogP) is 3.67. The number of ether oxygens (including phenoxy) is 2. The van der Waals surface area contributed by atoms with Gasteiger partial charge in [-0.2, -0.15) is 0 Å². The normalized spacial score (nSPS) is 10.0. The van der Waals surface area contributed by atoms with Gasteiger partial charge in [-0.15, -0.1) is 0 Å². The Labute approximate surface area is 157 Å². The van der Waals surface area contributed by atoms with Gasteiger partial charge in [0.15, 0.2) is 6.61 Å². The van der Waals surface area contributed by atoms with E-state index < -0.39 is 24.6 Å².